The topological polar surface area (TPSA) is 67.8 Å². The number of hydrogen-bond donors (Lipinski definition) is 1. The molecular formula is C17H12N4OS4. The Bertz CT molecular complexity index is 995. The Labute approximate surface area is 166 Å². The van der Waals surface area contributed by atoms with Crippen LogP contribution >= 0.6 is 45.8 Å². The fourth-order valence-corrected chi connectivity index (χ4v) is 5.31. The van der Waals surface area contributed by atoms with E-state index in [-0.39, 0.29) is 5.91 Å². The van der Waals surface area contributed by atoms with E-state index in [2.05, 4.69) is 32.6 Å². The quantitative estimate of drug-likeness (QED) is 0.343. The number of benzene rings is 1. The maximum atomic E-state index is 12.4. The first-order valence-electron chi connectivity index (χ1n) is 7.57. The third-order valence-corrected chi connectivity index (χ3v) is 6.95. The van der Waals surface area contributed by atoms with Crippen molar-refractivity contribution in [3.63, 3.8) is 0 Å². The summed E-state index contributed by atoms with van der Waals surface area (Å²) >= 11 is 6.03. The van der Waals surface area contributed by atoms with Gasteiger partial charge >= 0.3 is 0 Å². The Kier molecular flexibility index (Phi) is 5.40. The number of anilines is 1. The van der Waals surface area contributed by atoms with Crippen LogP contribution in [0.3, 0.4) is 0 Å². The van der Waals surface area contributed by atoms with Gasteiger partial charge < -0.3 is 0 Å². The second-order valence-corrected chi connectivity index (χ2v) is 8.99. The van der Waals surface area contributed by atoms with Crippen molar-refractivity contribution in [1.29, 1.82) is 0 Å². The third-order valence-electron chi connectivity index (χ3n) is 3.34. The van der Waals surface area contributed by atoms with Crippen molar-refractivity contribution < 1.29 is 4.79 Å². The minimum atomic E-state index is -0.265. The minimum absolute atomic E-state index is 0.265. The molecule has 9 heteroatoms. The van der Waals surface area contributed by atoms with Crippen molar-refractivity contribution in [2.75, 3.05) is 5.32 Å². The Morgan fingerprint density at radius 3 is 2.81 bits per heavy atom. The van der Waals surface area contributed by atoms with Gasteiger partial charge in [0.1, 0.15) is 10.7 Å². The van der Waals surface area contributed by atoms with Crippen molar-refractivity contribution in [3.8, 4) is 10.6 Å². The highest BCUT2D eigenvalue weighted by molar-refractivity contribution is 8.00. The van der Waals surface area contributed by atoms with Crippen LogP contribution < -0.4 is 5.32 Å². The van der Waals surface area contributed by atoms with E-state index in [1.165, 1.54) is 28.2 Å². The zero-order chi connectivity index (χ0) is 17.8. The number of carbonyl (C=O) groups excluding carboxylic acids is 1. The summed E-state index contributed by atoms with van der Waals surface area (Å²) in [7, 11) is 0. The summed E-state index contributed by atoms with van der Waals surface area (Å²) in [5.41, 5.74) is 2.65. The molecule has 0 saturated heterocycles. The number of aromatic nitrogens is 3. The molecule has 0 aliphatic heterocycles. The van der Waals surface area contributed by atoms with E-state index in [1.54, 1.807) is 28.5 Å². The highest BCUT2D eigenvalue weighted by Gasteiger charge is 2.15. The third kappa shape index (κ3) is 4.18. The molecule has 0 spiro atoms. The predicted octanol–water partition coefficient (Wildman–Crippen LogP) is 5.27. The summed E-state index contributed by atoms with van der Waals surface area (Å²) in [5, 5.41) is 18.0. The molecule has 0 aliphatic carbocycles. The van der Waals surface area contributed by atoms with Crippen LogP contribution in [0.5, 0.6) is 0 Å². The first-order valence-corrected chi connectivity index (χ1v) is 11.2. The first kappa shape index (κ1) is 17.3. The van der Waals surface area contributed by atoms with Crippen LogP contribution in [0.4, 0.5) is 5.13 Å². The monoisotopic (exact) mass is 416 g/mol. The fourth-order valence-electron chi connectivity index (χ4n) is 2.10. The number of hydrogen-bond acceptors (Lipinski definition) is 8. The van der Waals surface area contributed by atoms with Crippen LogP contribution in [0.1, 0.15) is 16.1 Å². The number of rotatable bonds is 6. The summed E-state index contributed by atoms with van der Waals surface area (Å²) in [5.74, 6) is 0.554. The van der Waals surface area contributed by atoms with Crippen LogP contribution in [-0.4, -0.2) is 21.1 Å². The van der Waals surface area contributed by atoms with Crippen molar-refractivity contribution in [1.82, 2.24) is 15.2 Å². The lowest BCUT2D eigenvalue weighted by molar-refractivity contribution is 0.102. The Morgan fingerprint density at radius 1 is 1.12 bits per heavy atom. The zero-order valence-corrected chi connectivity index (χ0v) is 16.6. The second kappa shape index (κ2) is 8.09. The van der Waals surface area contributed by atoms with Crippen molar-refractivity contribution in [2.45, 2.75) is 10.1 Å². The van der Waals surface area contributed by atoms with Crippen molar-refractivity contribution in [3.05, 3.63) is 63.8 Å². The summed E-state index contributed by atoms with van der Waals surface area (Å²) in [4.78, 5) is 16.7. The van der Waals surface area contributed by atoms with Crippen molar-refractivity contribution >= 4 is 56.8 Å². The predicted molar refractivity (Wildman–Crippen MR) is 109 cm³/mol. The van der Waals surface area contributed by atoms with Gasteiger partial charge in [-0.05, 0) is 17.0 Å². The zero-order valence-electron chi connectivity index (χ0n) is 13.3. The lowest BCUT2D eigenvalue weighted by atomic mass is 10.2. The average molecular weight is 417 g/mol. The molecule has 0 bridgehead atoms. The number of amides is 1. The highest BCUT2D eigenvalue weighted by atomic mass is 32.2. The standard InChI is InChI=1S/C17H12N4OS4/c22-14(13-10-24-15(18-13)12-6-7-23-9-12)19-16-20-21-17(26-16)25-8-11-4-2-1-3-5-11/h1-7,9-10H,8H2,(H,19,20,22). The summed E-state index contributed by atoms with van der Waals surface area (Å²) < 4.78 is 0.821. The molecule has 130 valence electrons. The smallest absolute Gasteiger partial charge is 0.276 e. The maximum absolute atomic E-state index is 12.4. The normalized spacial score (nSPS) is 10.8. The largest absolute Gasteiger partial charge is 0.295 e. The summed E-state index contributed by atoms with van der Waals surface area (Å²) in [6.07, 6.45) is 0. The molecule has 26 heavy (non-hydrogen) atoms. The van der Waals surface area contributed by atoms with Crippen LogP contribution in [-0.2, 0) is 5.75 Å². The van der Waals surface area contributed by atoms with Gasteiger partial charge in [-0.2, -0.15) is 11.3 Å². The van der Waals surface area contributed by atoms with Crippen LogP contribution in [0.25, 0.3) is 10.6 Å². The SMILES string of the molecule is O=C(Nc1nnc(SCc2ccccc2)s1)c1csc(-c2ccsc2)n1. The number of carbonyl (C=O) groups is 1. The van der Waals surface area contributed by atoms with Gasteiger partial charge in [-0.3, -0.25) is 10.1 Å². The number of thioether (sulfide) groups is 1. The maximum Gasteiger partial charge on any atom is 0.276 e. The molecule has 5 nitrogen and oxygen atoms in total. The molecular weight excluding hydrogens is 404 g/mol. The van der Waals surface area contributed by atoms with E-state index >= 15 is 0 Å². The van der Waals surface area contributed by atoms with Gasteiger partial charge in [-0.15, -0.1) is 21.5 Å². The van der Waals surface area contributed by atoms with E-state index in [9.17, 15) is 4.79 Å². The average Bonchev–Trinajstić information content (AvgIpc) is 3.41. The van der Waals surface area contributed by atoms with E-state index < -0.39 is 0 Å². The van der Waals surface area contributed by atoms with Gasteiger partial charge in [0.2, 0.25) is 5.13 Å². The molecule has 4 rings (SSSR count). The molecule has 0 fully saturated rings. The molecule has 1 aromatic carbocycles. The molecule has 0 atom stereocenters. The van der Waals surface area contributed by atoms with Crippen LogP contribution in [0.2, 0.25) is 0 Å². The van der Waals surface area contributed by atoms with Gasteiger partial charge in [0.25, 0.3) is 5.91 Å². The van der Waals surface area contributed by atoms with E-state index in [0.717, 1.165) is 20.7 Å². The fraction of sp³-hybridized carbons (Fsp3) is 0.0588. The number of thiophene rings is 1. The summed E-state index contributed by atoms with van der Waals surface area (Å²) in [6, 6.07) is 12.2. The van der Waals surface area contributed by atoms with E-state index in [0.29, 0.717) is 10.8 Å². The van der Waals surface area contributed by atoms with Gasteiger partial charge in [0, 0.05) is 22.1 Å². The van der Waals surface area contributed by atoms with Crippen molar-refractivity contribution in [2.24, 2.45) is 0 Å². The van der Waals surface area contributed by atoms with Gasteiger partial charge in [0.15, 0.2) is 4.34 Å². The Balaban J connectivity index is 1.37. The number of nitrogens with zero attached hydrogens (tertiary/aromatic N) is 3. The Morgan fingerprint density at radius 2 is 2.00 bits per heavy atom. The second-order valence-electron chi connectivity index (χ2n) is 5.15. The van der Waals surface area contributed by atoms with Gasteiger partial charge in [0.05, 0.1) is 0 Å². The molecule has 0 saturated carbocycles. The molecule has 0 radical (unpaired) electrons. The molecule has 1 N–H and O–H groups in total. The highest BCUT2D eigenvalue weighted by Crippen LogP contribution is 2.29. The van der Waals surface area contributed by atoms with Crippen LogP contribution in [0, 0.1) is 0 Å². The van der Waals surface area contributed by atoms with Gasteiger partial charge in [-0.25, -0.2) is 4.98 Å². The Hall–Kier alpha value is -2.07. The lowest BCUT2D eigenvalue weighted by Crippen LogP contribution is -2.12. The van der Waals surface area contributed by atoms with Gasteiger partial charge in [-0.1, -0.05) is 53.4 Å². The lowest BCUT2D eigenvalue weighted by Gasteiger charge is -1.97. The molecule has 4 aromatic rings. The molecule has 1 amide bonds. The minimum Gasteiger partial charge on any atom is -0.295 e. The summed E-state index contributed by atoms with van der Waals surface area (Å²) in [6.45, 7) is 0. The van der Waals surface area contributed by atoms with E-state index in [1.807, 2.05) is 35.0 Å². The molecule has 3 aromatic heterocycles. The molecule has 0 aliphatic rings. The van der Waals surface area contributed by atoms with Crippen LogP contribution in [0.15, 0.2) is 56.9 Å². The van der Waals surface area contributed by atoms with E-state index in [4.69, 9.17) is 0 Å². The number of nitrogens with one attached hydrogen (secondary N) is 1. The molecule has 3 heterocycles. The molecule has 0 unspecified atom stereocenters. The first-order chi connectivity index (χ1) is 12.8. The number of thiazole rings is 1.